The predicted octanol–water partition coefficient (Wildman–Crippen LogP) is 3.04. The summed E-state index contributed by atoms with van der Waals surface area (Å²) in [5.74, 6) is 0.585. The molecule has 1 aromatic rings. The molecule has 0 spiro atoms. The molecule has 20 heavy (non-hydrogen) atoms. The number of hydrogen-bond donors (Lipinski definition) is 0. The Labute approximate surface area is 121 Å². The lowest BCUT2D eigenvalue weighted by atomic mass is 9.91. The van der Waals surface area contributed by atoms with E-state index in [1.165, 1.54) is 0 Å². The van der Waals surface area contributed by atoms with Gasteiger partial charge in [0.15, 0.2) is 5.78 Å². The zero-order valence-corrected chi connectivity index (χ0v) is 12.8. The van der Waals surface area contributed by atoms with Crippen LogP contribution in [0.25, 0.3) is 0 Å². The van der Waals surface area contributed by atoms with E-state index in [0.717, 1.165) is 30.4 Å². The molecule has 3 nitrogen and oxygen atoms in total. The van der Waals surface area contributed by atoms with E-state index >= 15 is 0 Å². The summed E-state index contributed by atoms with van der Waals surface area (Å²) in [6.45, 7) is 1.67. The van der Waals surface area contributed by atoms with E-state index in [4.69, 9.17) is 0 Å². The Morgan fingerprint density at radius 1 is 1.25 bits per heavy atom. The Kier molecular flexibility index (Phi) is 4.97. The molecule has 0 saturated carbocycles. The fourth-order valence-electron chi connectivity index (χ4n) is 2.84. The number of hydrogen-bond acceptors (Lipinski definition) is 3. The Bertz CT molecular complexity index is 575. The standard InChI is InChI=1S/C16H22O3S/c1-2-20(18,19)12-6-10-14-9-5-8-13-7-3-4-11-15(13)16(14)17/h3-4,7,11,14H,2,5-6,8-10,12H2,1H3. The molecule has 1 aromatic carbocycles. The van der Waals surface area contributed by atoms with Crippen molar-refractivity contribution in [2.24, 2.45) is 5.92 Å². The van der Waals surface area contributed by atoms with Crippen molar-refractivity contribution in [3.05, 3.63) is 35.4 Å². The van der Waals surface area contributed by atoms with Gasteiger partial charge in [-0.2, -0.15) is 0 Å². The van der Waals surface area contributed by atoms with E-state index in [1.807, 2.05) is 24.3 Å². The molecule has 1 aliphatic rings. The molecule has 0 aliphatic heterocycles. The second-order valence-corrected chi connectivity index (χ2v) is 7.96. The Hall–Kier alpha value is -1.16. The summed E-state index contributed by atoms with van der Waals surface area (Å²) in [5, 5.41) is 0. The molecule has 1 atom stereocenters. The molecule has 1 unspecified atom stereocenters. The van der Waals surface area contributed by atoms with Crippen molar-refractivity contribution in [3.63, 3.8) is 0 Å². The molecule has 0 saturated heterocycles. The van der Waals surface area contributed by atoms with Gasteiger partial charge in [-0.05, 0) is 37.7 Å². The highest BCUT2D eigenvalue weighted by atomic mass is 32.2. The fourth-order valence-corrected chi connectivity index (χ4v) is 3.73. The van der Waals surface area contributed by atoms with Gasteiger partial charge in [-0.15, -0.1) is 0 Å². The van der Waals surface area contributed by atoms with Crippen molar-refractivity contribution in [2.75, 3.05) is 11.5 Å². The molecule has 110 valence electrons. The van der Waals surface area contributed by atoms with Gasteiger partial charge in [0.2, 0.25) is 0 Å². The van der Waals surface area contributed by atoms with Gasteiger partial charge in [0.1, 0.15) is 9.84 Å². The number of rotatable bonds is 5. The third-order valence-electron chi connectivity index (χ3n) is 4.10. The summed E-state index contributed by atoms with van der Waals surface area (Å²) in [6, 6.07) is 7.80. The van der Waals surface area contributed by atoms with Gasteiger partial charge in [-0.3, -0.25) is 4.79 Å². The van der Waals surface area contributed by atoms with Crippen LogP contribution in [0.4, 0.5) is 0 Å². The first-order valence-corrected chi connectivity index (χ1v) is 9.18. The Morgan fingerprint density at radius 3 is 2.75 bits per heavy atom. The van der Waals surface area contributed by atoms with E-state index in [2.05, 4.69) is 0 Å². The largest absolute Gasteiger partial charge is 0.294 e. The summed E-state index contributed by atoms with van der Waals surface area (Å²) in [6.07, 6.45) is 4.11. The van der Waals surface area contributed by atoms with Gasteiger partial charge in [-0.1, -0.05) is 31.2 Å². The van der Waals surface area contributed by atoms with E-state index in [9.17, 15) is 13.2 Å². The lowest BCUT2D eigenvalue weighted by Crippen LogP contribution is -2.16. The average molecular weight is 294 g/mol. The van der Waals surface area contributed by atoms with Crippen LogP contribution in [-0.2, 0) is 16.3 Å². The second-order valence-electron chi connectivity index (χ2n) is 5.49. The molecule has 0 radical (unpaired) electrons. The highest BCUT2D eigenvalue weighted by Crippen LogP contribution is 2.27. The van der Waals surface area contributed by atoms with E-state index in [0.29, 0.717) is 12.8 Å². The predicted molar refractivity (Wildman–Crippen MR) is 80.8 cm³/mol. The van der Waals surface area contributed by atoms with Crippen molar-refractivity contribution >= 4 is 15.6 Å². The molecule has 0 fully saturated rings. The third-order valence-corrected chi connectivity index (χ3v) is 5.89. The second kappa shape index (κ2) is 6.53. The fraction of sp³-hybridized carbons (Fsp3) is 0.562. The zero-order valence-electron chi connectivity index (χ0n) is 12.0. The number of Topliss-reactive ketones (excluding diaryl/α,β-unsaturated/α-hetero) is 1. The van der Waals surface area contributed by atoms with Crippen molar-refractivity contribution in [3.8, 4) is 0 Å². The van der Waals surface area contributed by atoms with Crippen LogP contribution in [0.5, 0.6) is 0 Å². The Balaban J connectivity index is 2.02. The van der Waals surface area contributed by atoms with Crippen LogP contribution in [0, 0.1) is 5.92 Å². The van der Waals surface area contributed by atoms with E-state index in [-0.39, 0.29) is 23.2 Å². The highest BCUT2D eigenvalue weighted by molar-refractivity contribution is 7.91. The van der Waals surface area contributed by atoms with Gasteiger partial charge in [0, 0.05) is 17.2 Å². The van der Waals surface area contributed by atoms with Crippen molar-refractivity contribution in [2.45, 2.75) is 39.0 Å². The normalized spacial score (nSPS) is 19.4. The van der Waals surface area contributed by atoms with Crippen LogP contribution in [0.15, 0.2) is 24.3 Å². The van der Waals surface area contributed by atoms with Gasteiger partial charge >= 0.3 is 0 Å². The number of ketones is 1. The first-order chi connectivity index (χ1) is 9.53. The maximum absolute atomic E-state index is 12.5. The molecule has 0 aromatic heterocycles. The minimum absolute atomic E-state index is 0.00861. The van der Waals surface area contributed by atoms with Gasteiger partial charge in [0.05, 0.1) is 5.75 Å². The van der Waals surface area contributed by atoms with Gasteiger partial charge in [0.25, 0.3) is 0 Å². The highest BCUT2D eigenvalue weighted by Gasteiger charge is 2.25. The summed E-state index contributed by atoms with van der Waals surface area (Å²) < 4.78 is 23.0. The van der Waals surface area contributed by atoms with E-state index < -0.39 is 9.84 Å². The molecule has 0 N–H and O–H groups in total. The number of fused-ring (bicyclic) bond motifs is 1. The summed E-state index contributed by atoms with van der Waals surface area (Å²) >= 11 is 0. The molecule has 4 heteroatoms. The van der Waals surface area contributed by atoms with Crippen molar-refractivity contribution < 1.29 is 13.2 Å². The van der Waals surface area contributed by atoms with Crippen LogP contribution in [0.2, 0.25) is 0 Å². The summed E-state index contributed by atoms with van der Waals surface area (Å²) in [7, 11) is -2.92. The summed E-state index contributed by atoms with van der Waals surface area (Å²) in [5.41, 5.74) is 1.98. The quantitative estimate of drug-likeness (QED) is 0.784. The number of carbonyl (C=O) groups is 1. The molecule has 0 bridgehead atoms. The van der Waals surface area contributed by atoms with Crippen molar-refractivity contribution in [1.29, 1.82) is 0 Å². The average Bonchev–Trinajstić information content (AvgIpc) is 2.60. The lowest BCUT2D eigenvalue weighted by molar-refractivity contribution is 0.0908. The minimum atomic E-state index is -2.92. The first kappa shape index (κ1) is 15.2. The first-order valence-electron chi connectivity index (χ1n) is 7.36. The molecule has 0 amide bonds. The van der Waals surface area contributed by atoms with E-state index in [1.54, 1.807) is 6.92 Å². The number of benzene rings is 1. The van der Waals surface area contributed by atoms with Crippen LogP contribution in [0.1, 0.15) is 48.5 Å². The third kappa shape index (κ3) is 3.69. The molecular weight excluding hydrogens is 272 g/mol. The lowest BCUT2D eigenvalue weighted by Gasteiger charge is -2.13. The number of sulfone groups is 1. The van der Waals surface area contributed by atoms with Gasteiger partial charge in [-0.25, -0.2) is 8.42 Å². The molecule has 0 heterocycles. The van der Waals surface area contributed by atoms with Crippen LogP contribution in [-0.4, -0.2) is 25.7 Å². The monoisotopic (exact) mass is 294 g/mol. The van der Waals surface area contributed by atoms with Crippen molar-refractivity contribution in [1.82, 2.24) is 0 Å². The molecular formula is C16H22O3S. The maximum atomic E-state index is 12.5. The SMILES string of the molecule is CCS(=O)(=O)CCCC1CCCc2ccccc2C1=O. The van der Waals surface area contributed by atoms with Crippen LogP contribution in [0.3, 0.4) is 0 Å². The minimum Gasteiger partial charge on any atom is -0.294 e. The van der Waals surface area contributed by atoms with Crippen LogP contribution < -0.4 is 0 Å². The zero-order chi connectivity index (χ0) is 14.6. The number of carbonyl (C=O) groups excluding carboxylic acids is 1. The molecule has 2 rings (SSSR count). The summed E-state index contributed by atoms with van der Waals surface area (Å²) in [4.78, 5) is 12.5. The smallest absolute Gasteiger partial charge is 0.166 e. The Morgan fingerprint density at radius 2 is 2.00 bits per heavy atom. The van der Waals surface area contributed by atoms with Crippen LogP contribution >= 0.6 is 0 Å². The molecule has 1 aliphatic carbocycles. The van der Waals surface area contributed by atoms with Gasteiger partial charge < -0.3 is 0 Å². The topological polar surface area (TPSA) is 51.2 Å². The number of aryl methyl sites for hydroxylation is 1. The maximum Gasteiger partial charge on any atom is 0.166 e.